The average molecular weight is 409 g/mol. The zero-order valence-corrected chi connectivity index (χ0v) is 16.1. The topological polar surface area (TPSA) is 121 Å². The molecule has 4 amide bonds. The van der Waals surface area contributed by atoms with Crippen LogP contribution in [-0.2, 0) is 9.59 Å². The summed E-state index contributed by atoms with van der Waals surface area (Å²) < 4.78 is 4.06. The number of nitrogens with one attached hydrogen (secondary N) is 2. The Hall–Kier alpha value is -3.58. The summed E-state index contributed by atoms with van der Waals surface area (Å²) in [5, 5.41) is 5.88. The van der Waals surface area contributed by atoms with E-state index in [0.29, 0.717) is 23.1 Å². The lowest BCUT2D eigenvalue weighted by molar-refractivity contribution is -0.136. The van der Waals surface area contributed by atoms with Crippen molar-refractivity contribution >= 4 is 40.3 Å². The van der Waals surface area contributed by atoms with E-state index >= 15 is 0 Å². The maximum atomic E-state index is 12.8. The van der Waals surface area contributed by atoms with Crippen LogP contribution in [0.1, 0.15) is 44.9 Å². The fraction of sp³-hybridized carbons (Fsp3) is 0.263. The molecule has 0 aliphatic carbocycles. The van der Waals surface area contributed by atoms with Gasteiger partial charge in [-0.15, -0.1) is 0 Å². The van der Waals surface area contributed by atoms with Crippen molar-refractivity contribution in [2.75, 3.05) is 11.9 Å². The van der Waals surface area contributed by atoms with Crippen molar-refractivity contribution < 1.29 is 19.2 Å². The minimum Gasteiger partial charge on any atom is -0.349 e. The van der Waals surface area contributed by atoms with Crippen molar-refractivity contribution in [3.8, 4) is 11.8 Å². The molecule has 2 aromatic rings. The van der Waals surface area contributed by atoms with Gasteiger partial charge >= 0.3 is 0 Å². The van der Waals surface area contributed by atoms with Crippen LogP contribution in [0.5, 0.6) is 0 Å². The van der Waals surface area contributed by atoms with E-state index in [1.165, 1.54) is 17.6 Å². The van der Waals surface area contributed by atoms with Gasteiger partial charge in [-0.2, -0.15) is 4.37 Å². The standard InChI is InChI=1S/C19H15N5O4S/c1-10-21-19(29-23-10)20-8-2-3-11-4-5-12-13(9-11)18(28)24(17(12)27)14-6-7-15(25)22-16(14)26/h4-5,9,14H,6-8H2,1H3,(H,20,21,23)(H,22,25,26). The molecule has 10 heteroatoms. The number of hydrogen-bond donors (Lipinski definition) is 2. The van der Waals surface area contributed by atoms with Crippen LogP contribution >= 0.6 is 11.5 Å². The molecular weight excluding hydrogens is 394 g/mol. The number of hydrogen-bond acceptors (Lipinski definition) is 8. The summed E-state index contributed by atoms with van der Waals surface area (Å²) in [7, 11) is 0. The van der Waals surface area contributed by atoms with Crippen LogP contribution in [0.25, 0.3) is 0 Å². The smallest absolute Gasteiger partial charge is 0.262 e. The molecule has 0 bridgehead atoms. The molecule has 0 saturated carbocycles. The molecule has 1 saturated heterocycles. The summed E-state index contributed by atoms with van der Waals surface area (Å²) in [5.74, 6) is 4.43. The Morgan fingerprint density at radius 3 is 2.76 bits per heavy atom. The first-order valence-electron chi connectivity index (χ1n) is 8.83. The number of imide groups is 2. The van der Waals surface area contributed by atoms with Crippen LogP contribution in [0, 0.1) is 18.8 Å². The van der Waals surface area contributed by atoms with Gasteiger partial charge in [0.1, 0.15) is 11.9 Å². The van der Waals surface area contributed by atoms with E-state index in [-0.39, 0.29) is 24.0 Å². The number of fused-ring (bicyclic) bond motifs is 1. The zero-order valence-electron chi connectivity index (χ0n) is 15.3. The highest BCUT2D eigenvalue weighted by Crippen LogP contribution is 2.28. The number of nitrogens with zero attached hydrogens (tertiary/aromatic N) is 3. The van der Waals surface area contributed by atoms with Gasteiger partial charge < -0.3 is 5.32 Å². The normalized spacial score (nSPS) is 18.2. The van der Waals surface area contributed by atoms with Gasteiger partial charge in [0.2, 0.25) is 16.9 Å². The first-order chi connectivity index (χ1) is 13.9. The van der Waals surface area contributed by atoms with Gasteiger partial charge in [-0.3, -0.25) is 29.4 Å². The molecule has 0 spiro atoms. The molecule has 1 atom stereocenters. The average Bonchev–Trinajstić information content (AvgIpc) is 3.21. The predicted molar refractivity (Wildman–Crippen MR) is 103 cm³/mol. The molecular formula is C19H15N5O4S. The molecule has 0 radical (unpaired) electrons. The van der Waals surface area contributed by atoms with Gasteiger partial charge in [-0.05, 0) is 31.5 Å². The molecule has 4 rings (SSSR count). The van der Waals surface area contributed by atoms with E-state index in [9.17, 15) is 19.2 Å². The fourth-order valence-corrected chi connectivity index (χ4v) is 3.75. The molecule has 9 nitrogen and oxygen atoms in total. The molecule has 1 aromatic heterocycles. The summed E-state index contributed by atoms with van der Waals surface area (Å²) >= 11 is 1.25. The number of amides is 4. The number of aromatic nitrogens is 2. The Kier molecular flexibility index (Phi) is 4.82. The highest BCUT2D eigenvalue weighted by Gasteiger charge is 2.44. The number of aryl methyl sites for hydroxylation is 1. The Bertz CT molecular complexity index is 1110. The van der Waals surface area contributed by atoms with Crippen LogP contribution < -0.4 is 10.6 Å². The monoisotopic (exact) mass is 409 g/mol. The molecule has 2 aliphatic heterocycles. The molecule has 2 N–H and O–H groups in total. The fourth-order valence-electron chi connectivity index (χ4n) is 3.18. The quantitative estimate of drug-likeness (QED) is 0.566. The lowest BCUT2D eigenvalue weighted by atomic mass is 10.0. The van der Waals surface area contributed by atoms with Crippen LogP contribution in [0.3, 0.4) is 0 Å². The molecule has 29 heavy (non-hydrogen) atoms. The second-order valence-corrected chi connectivity index (χ2v) is 7.26. The van der Waals surface area contributed by atoms with Crippen molar-refractivity contribution in [2.45, 2.75) is 25.8 Å². The lowest BCUT2D eigenvalue weighted by Crippen LogP contribution is -2.54. The number of carbonyl (C=O) groups excluding carboxylic acids is 4. The van der Waals surface area contributed by atoms with Gasteiger partial charge in [0.15, 0.2) is 0 Å². The molecule has 1 unspecified atom stereocenters. The summed E-state index contributed by atoms with van der Waals surface area (Å²) in [6, 6.07) is 3.76. The predicted octanol–water partition coefficient (Wildman–Crippen LogP) is 0.711. The van der Waals surface area contributed by atoms with E-state index in [1.807, 2.05) is 0 Å². The number of benzene rings is 1. The molecule has 1 fully saturated rings. The molecule has 1 aromatic carbocycles. The largest absolute Gasteiger partial charge is 0.349 e. The Balaban J connectivity index is 1.49. The van der Waals surface area contributed by atoms with Gasteiger partial charge in [0, 0.05) is 23.5 Å². The molecule has 3 heterocycles. The number of rotatable bonds is 3. The number of piperidine rings is 1. The van der Waals surface area contributed by atoms with Gasteiger partial charge in [0.05, 0.1) is 17.7 Å². The Labute approximate surface area is 169 Å². The molecule has 146 valence electrons. The first-order valence-corrected chi connectivity index (χ1v) is 9.60. The van der Waals surface area contributed by atoms with E-state index in [4.69, 9.17) is 0 Å². The minimum atomic E-state index is -0.978. The van der Waals surface area contributed by atoms with E-state index in [0.717, 1.165) is 4.90 Å². The van der Waals surface area contributed by atoms with Crippen molar-refractivity contribution in [1.82, 2.24) is 19.6 Å². The van der Waals surface area contributed by atoms with E-state index in [2.05, 4.69) is 31.8 Å². The summed E-state index contributed by atoms with van der Waals surface area (Å²) in [4.78, 5) is 53.9. The highest BCUT2D eigenvalue weighted by molar-refractivity contribution is 7.09. The zero-order chi connectivity index (χ0) is 20.5. The van der Waals surface area contributed by atoms with Gasteiger partial charge in [0.25, 0.3) is 11.8 Å². The summed E-state index contributed by atoms with van der Waals surface area (Å²) in [5.41, 5.74) is 1.01. The first kappa shape index (κ1) is 18.8. The second-order valence-electron chi connectivity index (χ2n) is 6.51. The third-order valence-corrected chi connectivity index (χ3v) is 5.29. The van der Waals surface area contributed by atoms with Crippen molar-refractivity contribution in [1.29, 1.82) is 0 Å². The third kappa shape index (κ3) is 3.60. The third-order valence-electron chi connectivity index (χ3n) is 4.53. The SMILES string of the molecule is Cc1nsc(NCC#Cc2ccc3c(c2)C(=O)N(C2CCC(=O)NC2=O)C3=O)n1. The number of anilines is 1. The van der Waals surface area contributed by atoms with E-state index in [1.54, 1.807) is 19.1 Å². The van der Waals surface area contributed by atoms with Crippen LogP contribution in [0.4, 0.5) is 5.13 Å². The van der Waals surface area contributed by atoms with Crippen molar-refractivity contribution in [2.24, 2.45) is 0 Å². The maximum Gasteiger partial charge on any atom is 0.262 e. The van der Waals surface area contributed by atoms with Crippen LogP contribution in [-0.4, -0.2) is 50.5 Å². The van der Waals surface area contributed by atoms with Crippen LogP contribution in [0.15, 0.2) is 18.2 Å². The van der Waals surface area contributed by atoms with Gasteiger partial charge in [-0.1, -0.05) is 11.8 Å². The Morgan fingerprint density at radius 1 is 1.24 bits per heavy atom. The summed E-state index contributed by atoms with van der Waals surface area (Å²) in [6.07, 6.45) is 0.210. The molecule has 2 aliphatic rings. The minimum absolute atomic E-state index is 0.0850. The van der Waals surface area contributed by atoms with Crippen molar-refractivity contribution in [3.05, 3.63) is 40.7 Å². The summed E-state index contributed by atoms with van der Waals surface area (Å²) in [6.45, 7) is 2.15. The lowest BCUT2D eigenvalue weighted by Gasteiger charge is -2.27. The van der Waals surface area contributed by atoms with E-state index < -0.39 is 29.7 Å². The maximum absolute atomic E-state index is 12.8. The van der Waals surface area contributed by atoms with Gasteiger partial charge in [-0.25, -0.2) is 4.98 Å². The van der Waals surface area contributed by atoms with Crippen LogP contribution in [0.2, 0.25) is 0 Å². The number of carbonyl (C=O) groups is 4. The second kappa shape index (κ2) is 7.44. The Morgan fingerprint density at radius 2 is 2.03 bits per heavy atom. The van der Waals surface area contributed by atoms with Crippen molar-refractivity contribution in [3.63, 3.8) is 0 Å². The highest BCUT2D eigenvalue weighted by atomic mass is 32.1.